The first kappa shape index (κ1) is 10.5. The lowest BCUT2D eigenvalue weighted by Crippen LogP contribution is -1.82. The first-order chi connectivity index (χ1) is 8.79. The van der Waals surface area contributed by atoms with Crippen molar-refractivity contribution in [1.29, 1.82) is 5.26 Å². The molecule has 0 bridgehead atoms. The molecule has 3 heteroatoms. The van der Waals surface area contributed by atoms with Crippen LogP contribution < -0.4 is 0 Å². The highest BCUT2D eigenvalue weighted by Gasteiger charge is 2.10. The molecule has 0 fully saturated rings. The van der Waals surface area contributed by atoms with Gasteiger partial charge in [-0.05, 0) is 24.3 Å². The molecule has 0 atom stereocenters. The molecule has 18 heavy (non-hydrogen) atoms. The summed E-state index contributed by atoms with van der Waals surface area (Å²) in [6.45, 7) is 0. The Kier molecular flexibility index (Phi) is 2.35. The number of benzene rings is 2. The molecule has 0 aliphatic carbocycles. The second-order valence-corrected chi connectivity index (χ2v) is 4.05. The monoisotopic (exact) mass is 236 g/mol. The van der Waals surface area contributed by atoms with Crippen molar-refractivity contribution in [3.63, 3.8) is 0 Å². The largest absolute Gasteiger partial charge is 0.361 e. The minimum Gasteiger partial charge on any atom is -0.361 e. The van der Waals surface area contributed by atoms with E-state index in [-0.39, 0.29) is 5.82 Å². The van der Waals surface area contributed by atoms with Crippen LogP contribution in [0.1, 0.15) is 5.56 Å². The number of aromatic amines is 1. The standard InChI is InChI=1S/C15H9FN2/c16-14-4-2-1-3-11(14)13-9-18-15-6-5-10(8-17)7-12(13)15/h1-7,9,18H. The molecule has 1 heterocycles. The number of rotatable bonds is 1. The maximum absolute atomic E-state index is 13.8. The number of fused-ring (bicyclic) bond motifs is 1. The lowest BCUT2D eigenvalue weighted by molar-refractivity contribution is 0.631. The Bertz CT molecular complexity index is 766. The molecule has 1 N–H and O–H groups in total. The molecular formula is C15H9FN2. The molecule has 0 aliphatic rings. The highest BCUT2D eigenvalue weighted by molar-refractivity contribution is 5.96. The Morgan fingerprint density at radius 3 is 2.67 bits per heavy atom. The summed E-state index contributed by atoms with van der Waals surface area (Å²) in [4.78, 5) is 3.09. The number of aromatic nitrogens is 1. The van der Waals surface area contributed by atoms with Crippen LogP contribution >= 0.6 is 0 Å². The van der Waals surface area contributed by atoms with Crippen LogP contribution in [0.4, 0.5) is 4.39 Å². The number of nitriles is 1. The van der Waals surface area contributed by atoms with Gasteiger partial charge in [0.15, 0.2) is 0 Å². The number of nitrogens with one attached hydrogen (secondary N) is 1. The smallest absolute Gasteiger partial charge is 0.131 e. The van der Waals surface area contributed by atoms with Gasteiger partial charge in [0.05, 0.1) is 11.6 Å². The van der Waals surface area contributed by atoms with E-state index in [0.717, 1.165) is 16.5 Å². The van der Waals surface area contributed by atoms with Crippen LogP contribution in [0.3, 0.4) is 0 Å². The predicted octanol–water partition coefficient (Wildman–Crippen LogP) is 3.85. The van der Waals surface area contributed by atoms with Crippen LogP contribution in [0.5, 0.6) is 0 Å². The molecule has 0 aliphatic heterocycles. The van der Waals surface area contributed by atoms with Gasteiger partial charge in [-0.3, -0.25) is 0 Å². The Balaban J connectivity index is 2.31. The second-order valence-electron chi connectivity index (χ2n) is 4.05. The fourth-order valence-electron chi connectivity index (χ4n) is 2.09. The molecule has 2 nitrogen and oxygen atoms in total. The molecule has 2 aromatic carbocycles. The van der Waals surface area contributed by atoms with E-state index in [9.17, 15) is 4.39 Å². The van der Waals surface area contributed by atoms with E-state index in [1.165, 1.54) is 6.07 Å². The molecule has 0 radical (unpaired) electrons. The van der Waals surface area contributed by atoms with E-state index < -0.39 is 0 Å². The van der Waals surface area contributed by atoms with Crippen LogP contribution in [0, 0.1) is 17.1 Å². The first-order valence-electron chi connectivity index (χ1n) is 5.56. The van der Waals surface area contributed by atoms with E-state index in [2.05, 4.69) is 11.1 Å². The number of nitrogens with zero attached hydrogens (tertiary/aromatic N) is 1. The number of hydrogen-bond acceptors (Lipinski definition) is 1. The summed E-state index contributed by atoms with van der Waals surface area (Å²) in [5, 5.41) is 9.78. The minimum absolute atomic E-state index is 0.263. The third-order valence-electron chi connectivity index (χ3n) is 2.97. The zero-order valence-electron chi connectivity index (χ0n) is 9.44. The van der Waals surface area contributed by atoms with Gasteiger partial charge in [0, 0.05) is 28.2 Å². The van der Waals surface area contributed by atoms with E-state index in [0.29, 0.717) is 11.1 Å². The molecule has 1 aromatic heterocycles. The summed E-state index contributed by atoms with van der Waals surface area (Å²) in [5.41, 5.74) is 2.78. The first-order valence-corrected chi connectivity index (χ1v) is 5.56. The minimum atomic E-state index is -0.263. The predicted molar refractivity (Wildman–Crippen MR) is 68.4 cm³/mol. The van der Waals surface area contributed by atoms with Gasteiger partial charge >= 0.3 is 0 Å². The average molecular weight is 236 g/mol. The van der Waals surface area contributed by atoms with E-state index in [1.54, 1.807) is 36.5 Å². The summed E-state index contributed by atoms with van der Waals surface area (Å²) in [6.07, 6.45) is 1.77. The highest BCUT2D eigenvalue weighted by Crippen LogP contribution is 2.30. The third-order valence-corrected chi connectivity index (χ3v) is 2.97. The van der Waals surface area contributed by atoms with Crippen LogP contribution in [0.25, 0.3) is 22.0 Å². The molecule has 3 aromatic rings. The summed E-state index contributed by atoms with van der Waals surface area (Å²) in [5.74, 6) is -0.263. The normalized spacial score (nSPS) is 10.4. The summed E-state index contributed by atoms with van der Waals surface area (Å²) < 4.78 is 13.8. The van der Waals surface area contributed by atoms with E-state index >= 15 is 0 Å². The van der Waals surface area contributed by atoms with Gasteiger partial charge in [-0.1, -0.05) is 18.2 Å². The Morgan fingerprint density at radius 2 is 1.89 bits per heavy atom. The molecule has 86 valence electrons. The summed E-state index contributed by atoms with van der Waals surface area (Å²) in [6, 6.07) is 14.1. The Labute approximate surface area is 103 Å². The van der Waals surface area contributed by atoms with E-state index in [4.69, 9.17) is 5.26 Å². The van der Waals surface area contributed by atoms with E-state index in [1.807, 2.05) is 6.07 Å². The summed E-state index contributed by atoms with van der Waals surface area (Å²) in [7, 11) is 0. The molecule has 0 saturated carbocycles. The fourth-order valence-corrected chi connectivity index (χ4v) is 2.09. The van der Waals surface area contributed by atoms with Crippen molar-refractivity contribution in [3.05, 3.63) is 60.0 Å². The van der Waals surface area contributed by atoms with Crippen molar-refractivity contribution >= 4 is 10.9 Å². The van der Waals surface area contributed by atoms with Gasteiger partial charge in [-0.25, -0.2) is 4.39 Å². The number of H-pyrrole nitrogens is 1. The van der Waals surface area contributed by atoms with Crippen LogP contribution in [-0.2, 0) is 0 Å². The van der Waals surface area contributed by atoms with Gasteiger partial charge in [0.2, 0.25) is 0 Å². The number of hydrogen-bond donors (Lipinski definition) is 1. The quantitative estimate of drug-likeness (QED) is 0.685. The van der Waals surface area contributed by atoms with Gasteiger partial charge < -0.3 is 4.98 Å². The van der Waals surface area contributed by atoms with Gasteiger partial charge in [-0.15, -0.1) is 0 Å². The van der Waals surface area contributed by atoms with Crippen molar-refractivity contribution in [2.45, 2.75) is 0 Å². The van der Waals surface area contributed by atoms with Gasteiger partial charge in [-0.2, -0.15) is 5.26 Å². The number of halogens is 1. The summed E-state index contributed by atoms with van der Waals surface area (Å²) >= 11 is 0. The molecule has 0 saturated heterocycles. The molecule has 0 amide bonds. The van der Waals surface area contributed by atoms with Crippen molar-refractivity contribution < 1.29 is 4.39 Å². The zero-order chi connectivity index (χ0) is 12.5. The maximum atomic E-state index is 13.8. The fraction of sp³-hybridized carbons (Fsp3) is 0. The lowest BCUT2D eigenvalue weighted by Gasteiger charge is -2.01. The lowest BCUT2D eigenvalue weighted by atomic mass is 10.0. The second kappa shape index (κ2) is 4.01. The van der Waals surface area contributed by atoms with Crippen molar-refractivity contribution in [2.75, 3.05) is 0 Å². The molecule has 0 spiro atoms. The molecular weight excluding hydrogens is 227 g/mol. The zero-order valence-corrected chi connectivity index (χ0v) is 9.44. The molecule has 0 unspecified atom stereocenters. The van der Waals surface area contributed by atoms with Crippen LogP contribution in [-0.4, -0.2) is 4.98 Å². The molecule has 3 rings (SSSR count). The maximum Gasteiger partial charge on any atom is 0.131 e. The Hall–Kier alpha value is -2.60. The topological polar surface area (TPSA) is 39.6 Å². The SMILES string of the molecule is N#Cc1ccc2[nH]cc(-c3ccccc3F)c2c1. The van der Waals surface area contributed by atoms with Crippen LogP contribution in [0.15, 0.2) is 48.7 Å². The van der Waals surface area contributed by atoms with Crippen molar-refractivity contribution in [1.82, 2.24) is 4.98 Å². The van der Waals surface area contributed by atoms with Gasteiger partial charge in [0.1, 0.15) is 5.82 Å². The van der Waals surface area contributed by atoms with Gasteiger partial charge in [0.25, 0.3) is 0 Å². The highest BCUT2D eigenvalue weighted by atomic mass is 19.1. The van der Waals surface area contributed by atoms with Crippen molar-refractivity contribution in [3.8, 4) is 17.2 Å². The third kappa shape index (κ3) is 1.56. The Morgan fingerprint density at radius 1 is 1.06 bits per heavy atom. The average Bonchev–Trinajstić information content (AvgIpc) is 2.82. The van der Waals surface area contributed by atoms with Crippen LogP contribution in [0.2, 0.25) is 0 Å². The van der Waals surface area contributed by atoms with Crippen molar-refractivity contribution in [2.24, 2.45) is 0 Å².